The average molecular weight is 394 g/mol. The number of nitrogens with zero attached hydrogens (tertiary/aromatic N) is 2. The van der Waals surface area contributed by atoms with Crippen molar-refractivity contribution in [3.05, 3.63) is 38.8 Å². The van der Waals surface area contributed by atoms with Gasteiger partial charge in [0.2, 0.25) is 0 Å². The van der Waals surface area contributed by atoms with Gasteiger partial charge in [0, 0.05) is 12.2 Å². The largest absolute Gasteiger partial charge is 0.369 e. The number of halogens is 4. The second-order valence-electron chi connectivity index (χ2n) is 4.19. The second-order valence-corrected chi connectivity index (χ2v) is 5.80. The molecule has 0 atom stereocenters. The fraction of sp³-hybridized carbons (Fsp3) is 0.231. The molecule has 0 spiro atoms. The summed E-state index contributed by atoms with van der Waals surface area (Å²) in [4.78, 5) is 8.28. The summed E-state index contributed by atoms with van der Waals surface area (Å²) in [6.07, 6.45) is 2.40. The Labute approximate surface area is 140 Å². The van der Waals surface area contributed by atoms with Crippen molar-refractivity contribution < 1.29 is 4.39 Å². The van der Waals surface area contributed by atoms with Crippen molar-refractivity contribution in [2.75, 3.05) is 17.2 Å². The molecule has 0 aliphatic heterocycles. The van der Waals surface area contributed by atoms with Gasteiger partial charge in [-0.25, -0.2) is 14.4 Å². The van der Waals surface area contributed by atoms with E-state index in [0.29, 0.717) is 21.8 Å². The zero-order valence-electron chi connectivity index (χ0n) is 11.1. The van der Waals surface area contributed by atoms with E-state index in [-0.39, 0.29) is 10.0 Å². The maximum absolute atomic E-state index is 13.4. The molecule has 0 saturated carbocycles. The highest BCUT2D eigenvalue weighted by molar-refractivity contribution is 9.10. The Morgan fingerprint density at radius 3 is 2.43 bits per heavy atom. The van der Waals surface area contributed by atoms with Crippen LogP contribution in [0.1, 0.15) is 13.3 Å². The summed E-state index contributed by atoms with van der Waals surface area (Å²) < 4.78 is 14.1. The third kappa shape index (κ3) is 3.96. The predicted molar refractivity (Wildman–Crippen MR) is 88.2 cm³/mol. The lowest BCUT2D eigenvalue weighted by Crippen LogP contribution is -2.05. The van der Waals surface area contributed by atoms with Gasteiger partial charge in [0.15, 0.2) is 5.82 Å². The van der Waals surface area contributed by atoms with Gasteiger partial charge in [-0.15, -0.1) is 0 Å². The number of aromatic nitrogens is 2. The van der Waals surface area contributed by atoms with Crippen LogP contribution in [0.2, 0.25) is 10.0 Å². The molecule has 0 saturated heterocycles. The van der Waals surface area contributed by atoms with Gasteiger partial charge in [-0.05, 0) is 34.5 Å². The summed E-state index contributed by atoms with van der Waals surface area (Å²) >= 11 is 15.0. The molecule has 2 aromatic rings. The van der Waals surface area contributed by atoms with Gasteiger partial charge in [0.05, 0.1) is 10.0 Å². The highest BCUT2D eigenvalue weighted by Gasteiger charge is 2.11. The maximum atomic E-state index is 13.4. The molecule has 8 heteroatoms. The van der Waals surface area contributed by atoms with Crippen molar-refractivity contribution in [3.8, 4) is 0 Å². The maximum Gasteiger partial charge on any atom is 0.160 e. The smallest absolute Gasteiger partial charge is 0.160 e. The van der Waals surface area contributed by atoms with E-state index >= 15 is 0 Å². The first-order chi connectivity index (χ1) is 10.0. The monoisotopic (exact) mass is 392 g/mol. The fourth-order valence-electron chi connectivity index (χ4n) is 1.59. The molecular weight excluding hydrogens is 382 g/mol. The summed E-state index contributed by atoms with van der Waals surface area (Å²) in [6, 6.07) is 2.88. The van der Waals surface area contributed by atoms with Crippen molar-refractivity contribution in [1.82, 2.24) is 9.97 Å². The van der Waals surface area contributed by atoms with Crippen molar-refractivity contribution in [3.63, 3.8) is 0 Å². The molecule has 0 aliphatic carbocycles. The zero-order chi connectivity index (χ0) is 15.4. The summed E-state index contributed by atoms with van der Waals surface area (Å²) in [5, 5.41) is 6.08. The van der Waals surface area contributed by atoms with E-state index in [0.717, 1.165) is 13.0 Å². The zero-order valence-corrected chi connectivity index (χ0v) is 14.2. The van der Waals surface area contributed by atoms with Gasteiger partial charge < -0.3 is 10.6 Å². The normalized spacial score (nSPS) is 10.5. The molecule has 0 radical (unpaired) electrons. The van der Waals surface area contributed by atoms with Crippen molar-refractivity contribution in [1.29, 1.82) is 0 Å². The van der Waals surface area contributed by atoms with Crippen LogP contribution in [0.25, 0.3) is 0 Å². The molecule has 2 rings (SSSR count). The lowest BCUT2D eigenvalue weighted by molar-refractivity contribution is 0.629. The standard InChI is InChI=1S/C13H12BrCl2FN4/c1-2-3-18-12-10(14)13(20-6-19-12)21-7-4-8(15)11(17)9(16)5-7/h4-6H,2-3H2,1H3,(H2,18,19,20,21). The quantitative estimate of drug-likeness (QED) is 0.681. The third-order valence-corrected chi connectivity index (χ3v) is 3.88. The summed E-state index contributed by atoms with van der Waals surface area (Å²) in [5.41, 5.74) is 0.534. The molecule has 0 bridgehead atoms. The Morgan fingerprint density at radius 1 is 1.19 bits per heavy atom. The molecule has 0 unspecified atom stereocenters. The second kappa shape index (κ2) is 7.24. The number of rotatable bonds is 5. The van der Waals surface area contributed by atoms with E-state index in [1.807, 2.05) is 0 Å². The molecule has 0 fully saturated rings. The van der Waals surface area contributed by atoms with Crippen LogP contribution < -0.4 is 10.6 Å². The lowest BCUT2D eigenvalue weighted by Gasteiger charge is -2.12. The highest BCUT2D eigenvalue weighted by atomic mass is 79.9. The first-order valence-corrected chi connectivity index (χ1v) is 7.73. The van der Waals surface area contributed by atoms with E-state index in [4.69, 9.17) is 23.2 Å². The van der Waals surface area contributed by atoms with E-state index in [1.54, 1.807) is 0 Å². The van der Waals surface area contributed by atoms with Crippen LogP contribution in [0.5, 0.6) is 0 Å². The Morgan fingerprint density at radius 2 is 1.81 bits per heavy atom. The van der Waals surface area contributed by atoms with Crippen LogP contribution in [-0.2, 0) is 0 Å². The average Bonchev–Trinajstić information content (AvgIpc) is 2.45. The Balaban J connectivity index is 2.27. The first-order valence-electron chi connectivity index (χ1n) is 6.18. The predicted octanol–water partition coefficient (Wildman–Crippen LogP) is 5.25. The molecule has 112 valence electrons. The fourth-order valence-corrected chi connectivity index (χ4v) is 2.52. The molecule has 1 heterocycles. The van der Waals surface area contributed by atoms with Gasteiger partial charge >= 0.3 is 0 Å². The molecule has 4 nitrogen and oxygen atoms in total. The van der Waals surface area contributed by atoms with Crippen LogP contribution in [0.4, 0.5) is 21.7 Å². The van der Waals surface area contributed by atoms with Crippen molar-refractivity contribution in [2.45, 2.75) is 13.3 Å². The topological polar surface area (TPSA) is 49.8 Å². The van der Waals surface area contributed by atoms with Crippen LogP contribution >= 0.6 is 39.1 Å². The molecule has 1 aromatic heterocycles. The van der Waals surface area contributed by atoms with Crippen LogP contribution in [0.15, 0.2) is 22.9 Å². The van der Waals surface area contributed by atoms with Crippen molar-refractivity contribution >= 4 is 56.5 Å². The summed E-state index contributed by atoms with van der Waals surface area (Å²) in [5.74, 6) is 0.562. The molecule has 1 aromatic carbocycles. The number of anilines is 3. The van der Waals surface area contributed by atoms with Crippen molar-refractivity contribution in [2.24, 2.45) is 0 Å². The van der Waals surface area contributed by atoms with E-state index in [1.165, 1.54) is 18.5 Å². The molecule has 0 amide bonds. The number of benzene rings is 1. The van der Waals surface area contributed by atoms with E-state index in [9.17, 15) is 4.39 Å². The summed E-state index contributed by atoms with van der Waals surface area (Å²) in [6.45, 7) is 2.85. The number of hydrogen-bond acceptors (Lipinski definition) is 4. The van der Waals surface area contributed by atoms with Gasteiger partial charge in [0.25, 0.3) is 0 Å². The first kappa shape index (κ1) is 16.3. The lowest BCUT2D eigenvalue weighted by atomic mass is 10.3. The highest BCUT2D eigenvalue weighted by Crippen LogP contribution is 2.32. The van der Waals surface area contributed by atoms with Gasteiger partial charge in [-0.1, -0.05) is 30.1 Å². The Kier molecular flexibility index (Phi) is 5.61. The molecule has 0 aliphatic rings. The van der Waals surface area contributed by atoms with E-state index < -0.39 is 5.82 Å². The molecule has 2 N–H and O–H groups in total. The number of hydrogen-bond donors (Lipinski definition) is 2. The Bertz CT molecular complexity index is 631. The number of nitrogens with one attached hydrogen (secondary N) is 2. The SMILES string of the molecule is CCCNc1ncnc(Nc2cc(Cl)c(F)c(Cl)c2)c1Br. The third-order valence-electron chi connectivity index (χ3n) is 2.58. The minimum Gasteiger partial charge on any atom is -0.369 e. The molecular formula is C13H12BrCl2FN4. The van der Waals surface area contributed by atoms with Gasteiger partial charge in [-0.3, -0.25) is 0 Å². The van der Waals surface area contributed by atoms with E-state index in [2.05, 4.69) is 43.5 Å². The van der Waals surface area contributed by atoms with Gasteiger partial charge in [-0.2, -0.15) is 0 Å². The van der Waals surface area contributed by atoms with Crippen LogP contribution in [-0.4, -0.2) is 16.5 Å². The van der Waals surface area contributed by atoms with Crippen LogP contribution in [0, 0.1) is 5.82 Å². The van der Waals surface area contributed by atoms with Crippen LogP contribution in [0.3, 0.4) is 0 Å². The summed E-state index contributed by atoms with van der Waals surface area (Å²) in [7, 11) is 0. The van der Waals surface area contributed by atoms with Gasteiger partial charge in [0.1, 0.15) is 22.4 Å². The minimum absolute atomic E-state index is 0.0560. The Hall–Kier alpha value is -1.11. The minimum atomic E-state index is -0.643. The molecule has 21 heavy (non-hydrogen) atoms.